The number of nitrogens with zero attached hydrogens (tertiary/aromatic N) is 2. The first kappa shape index (κ1) is 28.6. The molecule has 6 nitrogen and oxygen atoms in total. The molecule has 1 saturated heterocycles. The van der Waals surface area contributed by atoms with Crippen LogP contribution in [0.5, 0.6) is 5.75 Å². The molecule has 0 spiro atoms. The summed E-state index contributed by atoms with van der Waals surface area (Å²) >= 11 is 0. The van der Waals surface area contributed by atoms with Crippen LogP contribution in [0.15, 0.2) is 41.3 Å². The zero-order valence-electron chi connectivity index (χ0n) is 20.3. The second kappa shape index (κ2) is 10.4. The van der Waals surface area contributed by atoms with E-state index >= 15 is 0 Å². The van der Waals surface area contributed by atoms with Crippen molar-refractivity contribution in [1.82, 2.24) is 4.90 Å². The first-order chi connectivity index (χ1) is 17.0. The van der Waals surface area contributed by atoms with Gasteiger partial charge in [-0.1, -0.05) is 13.8 Å². The third-order valence-corrected chi connectivity index (χ3v) is 6.83. The first-order valence-corrected chi connectivity index (χ1v) is 13.2. The Morgan fingerprint density at radius 3 is 2.08 bits per heavy atom. The Labute approximate surface area is 210 Å². The van der Waals surface area contributed by atoms with Gasteiger partial charge in [-0.05, 0) is 42.3 Å². The van der Waals surface area contributed by atoms with Gasteiger partial charge in [-0.25, -0.2) is 8.42 Å². The monoisotopic (exact) mass is 552 g/mol. The maximum atomic E-state index is 13.6. The van der Waals surface area contributed by atoms with Crippen LogP contribution in [0.25, 0.3) is 0 Å². The summed E-state index contributed by atoms with van der Waals surface area (Å²) in [6, 6.07) is 5.38. The zero-order chi connectivity index (χ0) is 27.8. The summed E-state index contributed by atoms with van der Waals surface area (Å²) in [5, 5.41) is 0. The Kier molecular flexibility index (Phi) is 8.06. The summed E-state index contributed by atoms with van der Waals surface area (Å²) < 4.78 is 109. The maximum absolute atomic E-state index is 13.6. The van der Waals surface area contributed by atoms with E-state index in [2.05, 4.69) is 0 Å². The molecule has 1 aliphatic heterocycles. The average Bonchev–Trinajstić information content (AvgIpc) is 2.80. The minimum absolute atomic E-state index is 0.00235. The van der Waals surface area contributed by atoms with E-state index in [0.29, 0.717) is 6.07 Å². The van der Waals surface area contributed by atoms with E-state index in [1.165, 1.54) is 28.0 Å². The van der Waals surface area contributed by atoms with Gasteiger partial charge < -0.3 is 14.5 Å². The highest BCUT2D eigenvalue weighted by Crippen LogP contribution is 2.41. The number of carbonyl (C=O) groups is 1. The molecular formula is C24H26F6N2O4S. The quantitative estimate of drug-likeness (QED) is 0.466. The van der Waals surface area contributed by atoms with Gasteiger partial charge in [0.15, 0.2) is 9.84 Å². The van der Waals surface area contributed by atoms with Gasteiger partial charge in [0.25, 0.3) is 5.91 Å². The Morgan fingerprint density at radius 1 is 0.946 bits per heavy atom. The van der Waals surface area contributed by atoms with Gasteiger partial charge in [-0.15, -0.1) is 0 Å². The van der Waals surface area contributed by atoms with Gasteiger partial charge in [0, 0.05) is 38.1 Å². The number of halogens is 6. The topological polar surface area (TPSA) is 66.9 Å². The largest absolute Gasteiger partial charge is 0.492 e. The van der Waals surface area contributed by atoms with E-state index in [4.69, 9.17) is 4.74 Å². The van der Waals surface area contributed by atoms with Gasteiger partial charge in [-0.2, -0.15) is 26.3 Å². The number of ether oxygens (including phenoxy) is 1. The van der Waals surface area contributed by atoms with Crippen molar-refractivity contribution in [3.05, 3.63) is 53.1 Å². The molecule has 2 aromatic carbocycles. The number of hydrogen-bond acceptors (Lipinski definition) is 5. The minimum atomic E-state index is -5.02. The SMILES string of the molecule is CC(C)COc1ccc(S(C)(=O)=O)cc1C(=O)N1CCN(c2ccc(C(F)(F)F)cc2C(F)(F)F)CC1. The molecule has 0 saturated carbocycles. The number of rotatable bonds is 6. The van der Waals surface area contributed by atoms with Crippen molar-refractivity contribution in [3.63, 3.8) is 0 Å². The number of amides is 1. The lowest BCUT2D eigenvalue weighted by Gasteiger charge is -2.37. The number of sulfone groups is 1. The molecule has 3 rings (SSSR count). The van der Waals surface area contributed by atoms with Crippen molar-refractivity contribution in [1.29, 1.82) is 0 Å². The van der Waals surface area contributed by atoms with Gasteiger partial charge in [0.05, 0.1) is 28.2 Å². The predicted molar refractivity (Wildman–Crippen MR) is 124 cm³/mol. The molecule has 1 amide bonds. The molecule has 204 valence electrons. The molecule has 0 atom stereocenters. The fourth-order valence-electron chi connectivity index (χ4n) is 3.83. The molecule has 0 unspecified atom stereocenters. The molecule has 0 bridgehead atoms. The van der Waals surface area contributed by atoms with Crippen LogP contribution in [0.3, 0.4) is 0 Å². The number of piperazine rings is 1. The Hall–Kier alpha value is -2.96. The van der Waals surface area contributed by atoms with E-state index in [0.717, 1.165) is 12.3 Å². The van der Waals surface area contributed by atoms with Crippen LogP contribution in [0.2, 0.25) is 0 Å². The van der Waals surface area contributed by atoms with Crippen molar-refractivity contribution in [2.45, 2.75) is 31.1 Å². The fourth-order valence-corrected chi connectivity index (χ4v) is 4.47. The molecule has 1 fully saturated rings. The summed E-state index contributed by atoms with van der Waals surface area (Å²) in [5.41, 5.74) is -3.22. The number of anilines is 1. The van der Waals surface area contributed by atoms with Gasteiger partial charge >= 0.3 is 12.4 Å². The van der Waals surface area contributed by atoms with Crippen LogP contribution >= 0.6 is 0 Å². The average molecular weight is 553 g/mol. The van der Waals surface area contributed by atoms with Crippen LogP contribution in [-0.4, -0.2) is 58.3 Å². The highest BCUT2D eigenvalue weighted by atomic mass is 32.2. The third-order valence-electron chi connectivity index (χ3n) is 5.72. The lowest BCUT2D eigenvalue weighted by Crippen LogP contribution is -2.49. The Morgan fingerprint density at radius 2 is 1.57 bits per heavy atom. The van der Waals surface area contributed by atoms with Gasteiger partial charge in [0.1, 0.15) is 5.75 Å². The van der Waals surface area contributed by atoms with E-state index in [9.17, 15) is 39.6 Å². The molecule has 37 heavy (non-hydrogen) atoms. The minimum Gasteiger partial charge on any atom is -0.492 e. The van der Waals surface area contributed by atoms with E-state index < -0.39 is 44.9 Å². The van der Waals surface area contributed by atoms with Crippen LogP contribution in [0, 0.1) is 5.92 Å². The van der Waals surface area contributed by atoms with Gasteiger partial charge in [0.2, 0.25) is 0 Å². The first-order valence-electron chi connectivity index (χ1n) is 11.3. The van der Waals surface area contributed by atoms with E-state index in [-0.39, 0.29) is 61.0 Å². The molecule has 0 radical (unpaired) electrons. The molecule has 0 aromatic heterocycles. The fraction of sp³-hybridized carbons (Fsp3) is 0.458. The molecule has 0 N–H and O–H groups in total. The lowest BCUT2D eigenvalue weighted by atomic mass is 10.1. The van der Waals surface area contributed by atoms with Crippen LogP contribution in [0.1, 0.15) is 35.3 Å². The Balaban J connectivity index is 1.85. The van der Waals surface area contributed by atoms with Crippen LogP contribution < -0.4 is 9.64 Å². The summed E-state index contributed by atoms with van der Waals surface area (Å²) in [6.07, 6.45) is -8.95. The van der Waals surface area contributed by atoms with Gasteiger partial charge in [-0.3, -0.25) is 4.79 Å². The maximum Gasteiger partial charge on any atom is 0.418 e. The molecule has 1 aliphatic rings. The Bertz CT molecular complexity index is 1250. The van der Waals surface area contributed by atoms with Crippen LogP contribution in [0.4, 0.5) is 32.0 Å². The van der Waals surface area contributed by atoms with Crippen molar-refractivity contribution >= 4 is 21.4 Å². The number of alkyl halides is 6. The number of carbonyl (C=O) groups excluding carboxylic acids is 1. The van der Waals surface area contributed by atoms with Crippen LogP contribution in [-0.2, 0) is 22.2 Å². The normalized spacial score (nSPS) is 15.3. The highest BCUT2D eigenvalue weighted by molar-refractivity contribution is 7.90. The van der Waals surface area contributed by atoms with Crippen molar-refractivity contribution in [2.75, 3.05) is 43.9 Å². The summed E-state index contributed by atoms with van der Waals surface area (Å²) in [5.74, 6) is -0.268. The molecule has 2 aromatic rings. The summed E-state index contributed by atoms with van der Waals surface area (Å²) in [4.78, 5) is 15.8. The molecule has 1 heterocycles. The second-order valence-corrected chi connectivity index (χ2v) is 11.2. The predicted octanol–water partition coefficient (Wildman–Crippen LogP) is 5.12. The number of hydrogen-bond donors (Lipinski definition) is 0. The standard InChI is InChI=1S/C24H26F6N2O4S/c1-15(2)14-36-21-7-5-17(37(3,34)35)13-18(21)22(33)32-10-8-31(9-11-32)20-6-4-16(23(25,26)27)12-19(20)24(28,29)30/h4-7,12-13,15H,8-11,14H2,1-3H3. The molecule has 0 aliphatic carbocycles. The highest BCUT2D eigenvalue weighted by Gasteiger charge is 2.40. The van der Waals surface area contributed by atoms with E-state index in [1.54, 1.807) is 0 Å². The molecule has 13 heteroatoms. The summed E-state index contributed by atoms with van der Waals surface area (Å²) in [7, 11) is -3.64. The lowest BCUT2D eigenvalue weighted by molar-refractivity contribution is -0.142. The van der Waals surface area contributed by atoms with E-state index in [1.807, 2.05) is 13.8 Å². The number of benzene rings is 2. The zero-order valence-corrected chi connectivity index (χ0v) is 21.1. The second-order valence-electron chi connectivity index (χ2n) is 9.14. The van der Waals surface area contributed by atoms with Crippen molar-refractivity contribution < 1.29 is 44.3 Å². The summed E-state index contributed by atoms with van der Waals surface area (Å²) in [6.45, 7) is 3.82. The van der Waals surface area contributed by atoms with Crippen molar-refractivity contribution in [3.8, 4) is 5.75 Å². The third kappa shape index (κ3) is 6.88. The molecular weight excluding hydrogens is 526 g/mol. The van der Waals surface area contributed by atoms with Crippen molar-refractivity contribution in [2.24, 2.45) is 5.92 Å². The smallest absolute Gasteiger partial charge is 0.418 e.